The highest BCUT2D eigenvalue weighted by molar-refractivity contribution is 5.05. The number of nitrogens with one attached hydrogen (secondary N) is 1. The number of nitrogens with zero attached hydrogens (tertiary/aromatic N) is 4. The Morgan fingerprint density at radius 1 is 1.33 bits per heavy atom. The summed E-state index contributed by atoms with van der Waals surface area (Å²) in [6.07, 6.45) is 6.04. The zero-order valence-corrected chi connectivity index (χ0v) is 14.7. The second-order valence-electron chi connectivity index (χ2n) is 6.95. The fourth-order valence-electron chi connectivity index (χ4n) is 3.14. The Bertz CT molecular complexity index is 630. The molecule has 0 aromatic carbocycles. The third-order valence-electron chi connectivity index (χ3n) is 4.31. The summed E-state index contributed by atoms with van der Waals surface area (Å²) < 4.78 is 12.9. The predicted molar refractivity (Wildman–Crippen MR) is 89.2 cm³/mol. The van der Waals surface area contributed by atoms with Gasteiger partial charge in [0.25, 0.3) is 0 Å². The number of rotatable bonds is 7. The summed E-state index contributed by atoms with van der Waals surface area (Å²) in [5.74, 6) is 2.38. The lowest BCUT2D eigenvalue weighted by Gasteiger charge is -2.28. The molecule has 7 heteroatoms. The highest BCUT2D eigenvalue weighted by Crippen LogP contribution is 2.29. The van der Waals surface area contributed by atoms with Gasteiger partial charge in [-0.1, -0.05) is 19.0 Å². The van der Waals surface area contributed by atoms with Crippen molar-refractivity contribution in [3.8, 4) is 0 Å². The number of aryl methyl sites for hydroxylation is 1. The third-order valence-corrected chi connectivity index (χ3v) is 4.31. The van der Waals surface area contributed by atoms with Crippen LogP contribution in [0.3, 0.4) is 0 Å². The maximum atomic E-state index is 5.49. The molecule has 0 aliphatic carbocycles. The molecule has 2 aromatic heterocycles. The zero-order valence-electron chi connectivity index (χ0n) is 14.7. The van der Waals surface area contributed by atoms with Gasteiger partial charge in [-0.25, -0.2) is 0 Å². The molecule has 1 atom stereocenters. The van der Waals surface area contributed by atoms with Crippen LogP contribution in [0.15, 0.2) is 16.9 Å². The Kier molecular flexibility index (Phi) is 5.63. The van der Waals surface area contributed by atoms with Crippen LogP contribution < -0.4 is 5.32 Å². The molecule has 1 aliphatic rings. The van der Waals surface area contributed by atoms with Crippen molar-refractivity contribution in [2.75, 3.05) is 13.2 Å². The van der Waals surface area contributed by atoms with Crippen molar-refractivity contribution >= 4 is 0 Å². The lowest BCUT2D eigenvalue weighted by molar-refractivity contribution is 0.0485. The zero-order chi connectivity index (χ0) is 16.9. The normalized spacial score (nSPS) is 17.5. The molecule has 3 heterocycles. The molecule has 0 radical (unpaired) electrons. The highest BCUT2D eigenvalue weighted by atomic mass is 16.5. The maximum Gasteiger partial charge on any atom is 0.244 e. The maximum absolute atomic E-state index is 5.49. The summed E-state index contributed by atoms with van der Waals surface area (Å²) >= 11 is 0. The summed E-state index contributed by atoms with van der Waals surface area (Å²) in [6.45, 7) is 9.50. The summed E-state index contributed by atoms with van der Waals surface area (Å²) in [6, 6.07) is 0.0588. The van der Waals surface area contributed by atoms with Crippen molar-refractivity contribution in [2.45, 2.75) is 52.7 Å². The van der Waals surface area contributed by atoms with Gasteiger partial charge in [-0.2, -0.15) is 10.1 Å². The molecular formula is C17H27N5O2. The molecule has 0 saturated carbocycles. The van der Waals surface area contributed by atoms with E-state index in [4.69, 9.17) is 9.26 Å². The third kappa shape index (κ3) is 4.42. The first-order valence-corrected chi connectivity index (χ1v) is 8.74. The number of hydrogen-bond donors (Lipinski definition) is 1. The van der Waals surface area contributed by atoms with E-state index in [9.17, 15) is 0 Å². The minimum atomic E-state index is 0.0588. The Balaban J connectivity index is 1.66. The van der Waals surface area contributed by atoms with Crippen LogP contribution in [0, 0.1) is 18.8 Å². The van der Waals surface area contributed by atoms with E-state index in [-0.39, 0.29) is 6.04 Å². The van der Waals surface area contributed by atoms with E-state index in [0.29, 0.717) is 23.6 Å². The van der Waals surface area contributed by atoms with Gasteiger partial charge in [0.05, 0.1) is 12.2 Å². The Morgan fingerprint density at radius 3 is 2.79 bits per heavy atom. The standard InChI is InChI=1S/C17H27N5O2/c1-12(2)10-22-11-14(9-19-22)8-18-16(15-4-6-23-7-5-15)17-20-13(3)21-24-17/h9,11-12,15-16,18H,4-8,10H2,1-3H3. The van der Waals surface area contributed by atoms with Crippen molar-refractivity contribution in [3.63, 3.8) is 0 Å². The second kappa shape index (κ2) is 7.90. The van der Waals surface area contributed by atoms with Crippen LogP contribution in [0.4, 0.5) is 0 Å². The Morgan fingerprint density at radius 2 is 2.12 bits per heavy atom. The largest absolute Gasteiger partial charge is 0.381 e. The topological polar surface area (TPSA) is 78.0 Å². The Hall–Kier alpha value is -1.73. The van der Waals surface area contributed by atoms with Crippen LogP contribution in [0.25, 0.3) is 0 Å². The average molecular weight is 333 g/mol. The highest BCUT2D eigenvalue weighted by Gasteiger charge is 2.29. The molecule has 24 heavy (non-hydrogen) atoms. The van der Waals surface area contributed by atoms with E-state index in [0.717, 1.165) is 39.1 Å². The van der Waals surface area contributed by atoms with Crippen LogP contribution in [0.2, 0.25) is 0 Å². The van der Waals surface area contributed by atoms with Gasteiger partial charge >= 0.3 is 0 Å². The number of hydrogen-bond acceptors (Lipinski definition) is 6. The van der Waals surface area contributed by atoms with Crippen molar-refractivity contribution < 1.29 is 9.26 Å². The SMILES string of the molecule is Cc1noc(C(NCc2cnn(CC(C)C)c2)C2CCOCC2)n1. The fourth-order valence-corrected chi connectivity index (χ4v) is 3.14. The van der Waals surface area contributed by atoms with Crippen molar-refractivity contribution in [3.05, 3.63) is 29.7 Å². The van der Waals surface area contributed by atoms with Gasteiger partial charge in [0.15, 0.2) is 5.82 Å². The fraction of sp³-hybridized carbons (Fsp3) is 0.706. The van der Waals surface area contributed by atoms with E-state index in [2.05, 4.69) is 40.6 Å². The van der Waals surface area contributed by atoms with E-state index in [1.165, 1.54) is 5.56 Å². The van der Waals surface area contributed by atoms with E-state index < -0.39 is 0 Å². The van der Waals surface area contributed by atoms with Crippen LogP contribution in [0.1, 0.15) is 50.0 Å². The summed E-state index contributed by atoms with van der Waals surface area (Å²) in [5.41, 5.74) is 1.17. The van der Waals surface area contributed by atoms with Gasteiger partial charge in [-0.15, -0.1) is 0 Å². The van der Waals surface area contributed by atoms with Crippen molar-refractivity contribution in [1.82, 2.24) is 25.2 Å². The van der Waals surface area contributed by atoms with Crippen LogP contribution in [-0.2, 0) is 17.8 Å². The first-order chi connectivity index (χ1) is 11.6. The first kappa shape index (κ1) is 17.1. The molecule has 0 spiro atoms. The Labute approximate surface area is 142 Å². The molecule has 1 unspecified atom stereocenters. The molecular weight excluding hydrogens is 306 g/mol. The predicted octanol–water partition coefficient (Wildman–Crippen LogP) is 2.49. The summed E-state index contributed by atoms with van der Waals surface area (Å²) in [5, 5.41) is 12.0. The van der Waals surface area contributed by atoms with Gasteiger partial charge in [-0.3, -0.25) is 4.68 Å². The van der Waals surface area contributed by atoms with Crippen molar-refractivity contribution in [2.24, 2.45) is 11.8 Å². The molecule has 7 nitrogen and oxygen atoms in total. The van der Waals surface area contributed by atoms with Gasteiger partial charge in [0, 0.05) is 38.1 Å². The minimum Gasteiger partial charge on any atom is -0.381 e. The minimum absolute atomic E-state index is 0.0588. The molecule has 0 amide bonds. The first-order valence-electron chi connectivity index (χ1n) is 8.74. The van der Waals surface area contributed by atoms with Gasteiger partial charge in [0.1, 0.15) is 0 Å². The molecule has 2 aromatic rings. The number of ether oxygens (including phenoxy) is 1. The molecule has 1 fully saturated rings. The molecule has 0 bridgehead atoms. The lowest BCUT2D eigenvalue weighted by atomic mass is 9.91. The molecule has 132 valence electrons. The van der Waals surface area contributed by atoms with E-state index in [1.807, 2.05) is 17.8 Å². The quantitative estimate of drug-likeness (QED) is 0.839. The van der Waals surface area contributed by atoms with Crippen LogP contribution >= 0.6 is 0 Å². The summed E-state index contributed by atoms with van der Waals surface area (Å²) in [7, 11) is 0. The molecule has 1 saturated heterocycles. The second-order valence-corrected chi connectivity index (χ2v) is 6.95. The van der Waals surface area contributed by atoms with Gasteiger partial charge < -0.3 is 14.6 Å². The van der Waals surface area contributed by atoms with Crippen LogP contribution in [-0.4, -0.2) is 33.1 Å². The van der Waals surface area contributed by atoms with Crippen LogP contribution in [0.5, 0.6) is 0 Å². The number of aromatic nitrogens is 4. The van der Waals surface area contributed by atoms with Gasteiger partial charge in [-0.05, 0) is 31.6 Å². The van der Waals surface area contributed by atoms with E-state index >= 15 is 0 Å². The monoisotopic (exact) mass is 333 g/mol. The molecule has 1 aliphatic heterocycles. The summed E-state index contributed by atoms with van der Waals surface area (Å²) in [4.78, 5) is 4.44. The van der Waals surface area contributed by atoms with Gasteiger partial charge in [0.2, 0.25) is 5.89 Å². The molecule has 1 N–H and O–H groups in total. The lowest BCUT2D eigenvalue weighted by Crippen LogP contribution is -2.32. The average Bonchev–Trinajstić information content (AvgIpc) is 3.17. The molecule has 3 rings (SSSR count). The van der Waals surface area contributed by atoms with E-state index in [1.54, 1.807) is 0 Å². The van der Waals surface area contributed by atoms with Crippen molar-refractivity contribution in [1.29, 1.82) is 0 Å². The smallest absolute Gasteiger partial charge is 0.244 e.